The highest BCUT2D eigenvalue weighted by Gasteiger charge is 2.51. The quantitative estimate of drug-likeness (QED) is 0.510. The van der Waals surface area contributed by atoms with Crippen LogP contribution in [0.4, 0.5) is 0 Å². The minimum atomic E-state index is -0.456. The van der Waals surface area contributed by atoms with Gasteiger partial charge in [-0.2, -0.15) is 0 Å². The van der Waals surface area contributed by atoms with Crippen LogP contribution in [-0.4, -0.2) is 29.0 Å². The number of nitrogens with zero attached hydrogens (tertiary/aromatic N) is 1. The fraction of sp³-hybridized carbons (Fsp3) is 0.364. The van der Waals surface area contributed by atoms with E-state index in [9.17, 15) is 0 Å². The van der Waals surface area contributed by atoms with Gasteiger partial charge in [-0.05, 0) is 63.3 Å². The van der Waals surface area contributed by atoms with E-state index in [2.05, 4.69) is 50.9 Å². The van der Waals surface area contributed by atoms with Gasteiger partial charge in [-0.15, -0.1) is 0 Å². The van der Waals surface area contributed by atoms with Gasteiger partial charge in [-0.1, -0.05) is 30.4 Å². The molecule has 1 saturated heterocycles. The molecule has 5 heteroatoms. The van der Waals surface area contributed by atoms with Gasteiger partial charge >= 0.3 is 7.12 Å². The molecule has 0 saturated carbocycles. The maximum atomic E-state index is 8.62. The Kier molecular flexibility index (Phi) is 4.32. The van der Waals surface area contributed by atoms with Gasteiger partial charge in [0, 0.05) is 23.4 Å². The van der Waals surface area contributed by atoms with Crippen LogP contribution in [-0.2, 0) is 9.31 Å². The fourth-order valence-corrected chi connectivity index (χ4v) is 3.30. The highest BCUT2D eigenvalue weighted by molar-refractivity contribution is 6.62. The average molecular weight is 360 g/mol. The number of allylic oxidation sites excluding steroid dienone is 2. The molecule has 138 valence electrons. The van der Waals surface area contributed by atoms with Gasteiger partial charge in [-0.3, -0.25) is 4.98 Å². The SMILES string of the molecule is CC1(C)OB(c2cc(C(=N)C3C=CC3)cc(-c3ccccn3)c2)OC1(C)C. The zero-order valence-corrected chi connectivity index (χ0v) is 16.3. The summed E-state index contributed by atoms with van der Waals surface area (Å²) in [5.41, 5.74) is 3.52. The van der Waals surface area contributed by atoms with Crippen LogP contribution in [0.15, 0.2) is 54.7 Å². The van der Waals surface area contributed by atoms with Crippen molar-refractivity contribution >= 4 is 18.3 Å². The second-order valence-electron chi connectivity index (χ2n) is 8.33. The van der Waals surface area contributed by atoms with Gasteiger partial charge < -0.3 is 14.7 Å². The van der Waals surface area contributed by atoms with Crippen molar-refractivity contribution in [2.45, 2.75) is 45.3 Å². The number of hydrogen-bond acceptors (Lipinski definition) is 4. The maximum absolute atomic E-state index is 8.62. The molecule has 1 fully saturated rings. The predicted octanol–water partition coefficient (Wildman–Crippen LogP) is 3.99. The van der Waals surface area contributed by atoms with Crippen LogP contribution in [0.1, 0.15) is 39.7 Å². The lowest BCUT2D eigenvalue weighted by Gasteiger charge is -2.32. The third-order valence-electron chi connectivity index (χ3n) is 5.88. The van der Waals surface area contributed by atoms with E-state index < -0.39 is 18.3 Å². The summed E-state index contributed by atoms with van der Waals surface area (Å²) in [6.07, 6.45) is 6.91. The Balaban J connectivity index is 1.77. The molecule has 1 aromatic heterocycles. The minimum Gasteiger partial charge on any atom is -0.399 e. The molecule has 1 N–H and O–H groups in total. The fourth-order valence-electron chi connectivity index (χ4n) is 3.30. The van der Waals surface area contributed by atoms with Crippen molar-refractivity contribution < 1.29 is 9.31 Å². The van der Waals surface area contributed by atoms with Crippen molar-refractivity contribution in [3.63, 3.8) is 0 Å². The summed E-state index contributed by atoms with van der Waals surface area (Å²) >= 11 is 0. The molecule has 27 heavy (non-hydrogen) atoms. The molecule has 0 radical (unpaired) electrons. The summed E-state index contributed by atoms with van der Waals surface area (Å²) in [5.74, 6) is 0.190. The molecule has 2 aromatic rings. The summed E-state index contributed by atoms with van der Waals surface area (Å²) in [6, 6.07) is 12.0. The van der Waals surface area contributed by atoms with Crippen LogP contribution in [0, 0.1) is 11.3 Å². The molecule has 0 amide bonds. The maximum Gasteiger partial charge on any atom is 0.494 e. The number of hydrogen-bond donors (Lipinski definition) is 1. The Labute approximate surface area is 161 Å². The van der Waals surface area contributed by atoms with Crippen molar-refractivity contribution in [3.05, 3.63) is 60.3 Å². The molecular weight excluding hydrogens is 335 g/mol. The first-order valence-electron chi connectivity index (χ1n) is 9.44. The van der Waals surface area contributed by atoms with Crippen LogP contribution < -0.4 is 5.46 Å². The number of aromatic nitrogens is 1. The van der Waals surface area contributed by atoms with Crippen LogP contribution in [0.3, 0.4) is 0 Å². The number of rotatable bonds is 4. The van der Waals surface area contributed by atoms with Crippen molar-refractivity contribution in [2.75, 3.05) is 0 Å². The lowest BCUT2D eigenvalue weighted by Crippen LogP contribution is -2.41. The summed E-state index contributed by atoms with van der Waals surface area (Å²) in [5, 5.41) is 8.62. The van der Waals surface area contributed by atoms with Crippen molar-refractivity contribution in [1.29, 1.82) is 5.41 Å². The van der Waals surface area contributed by atoms with E-state index in [0.717, 1.165) is 28.7 Å². The van der Waals surface area contributed by atoms with Gasteiger partial charge in [0.1, 0.15) is 0 Å². The van der Waals surface area contributed by atoms with Crippen LogP contribution in [0.5, 0.6) is 0 Å². The summed E-state index contributed by atoms with van der Waals surface area (Å²) < 4.78 is 12.5. The minimum absolute atomic E-state index is 0.190. The average Bonchev–Trinajstić information content (AvgIpc) is 2.81. The Morgan fingerprint density at radius 2 is 1.81 bits per heavy atom. The van der Waals surface area contributed by atoms with E-state index >= 15 is 0 Å². The number of pyridine rings is 1. The van der Waals surface area contributed by atoms with Gasteiger partial charge in [0.05, 0.1) is 16.9 Å². The highest BCUT2D eigenvalue weighted by Crippen LogP contribution is 2.37. The van der Waals surface area contributed by atoms with Gasteiger partial charge in [0.25, 0.3) is 0 Å². The standard InChI is InChI=1S/C22H25BN2O2/c1-21(2)22(3,4)27-23(26-21)18-13-16(19-10-5-6-11-25-19)12-17(14-18)20(24)15-8-7-9-15/h5-8,10-15,24H,9H2,1-4H3. The largest absolute Gasteiger partial charge is 0.494 e. The Hall–Kier alpha value is -2.24. The van der Waals surface area contributed by atoms with E-state index in [0.29, 0.717) is 5.71 Å². The zero-order chi connectivity index (χ0) is 19.2. The molecule has 4 nitrogen and oxygen atoms in total. The van der Waals surface area contributed by atoms with E-state index in [-0.39, 0.29) is 5.92 Å². The van der Waals surface area contributed by atoms with Gasteiger partial charge in [0.2, 0.25) is 0 Å². The van der Waals surface area contributed by atoms with Crippen molar-refractivity contribution in [2.24, 2.45) is 5.92 Å². The molecule has 2 heterocycles. The van der Waals surface area contributed by atoms with E-state index in [4.69, 9.17) is 14.7 Å². The molecular formula is C22H25BN2O2. The normalized spacial score (nSPS) is 22.5. The molecule has 0 bridgehead atoms. The molecule has 0 spiro atoms. The number of nitrogens with one attached hydrogen (secondary N) is 1. The highest BCUT2D eigenvalue weighted by atomic mass is 16.7. The summed E-state index contributed by atoms with van der Waals surface area (Å²) in [6.45, 7) is 8.21. The molecule has 1 unspecified atom stereocenters. The first-order valence-corrected chi connectivity index (χ1v) is 9.44. The molecule has 2 aliphatic rings. The Bertz CT molecular complexity index is 890. The lowest BCUT2D eigenvalue weighted by atomic mass is 9.75. The van der Waals surface area contributed by atoms with E-state index in [1.165, 1.54) is 0 Å². The third kappa shape index (κ3) is 3.26. The molecule has 1 aliphatic carbocycles. The monoisotopic (exact) mass is 360 g/mol. The smallest absolute Gasteiger partial charge is 0.399 e. The van der Waals surface area contributed by atoms with Gasteiger partial charge in [-0.25, -0.2) is 0 Å². The molecule has 1 aliphatic heterocycles. The predicted molar refractivity (Wildman–Crippen MR) is 109 cm³/mol. The van der Waals surface area contributed by atoms with Crippen LogP contribution >= 0.6 is 0 Å². The first kappa shape index (κ1) is 18.1. The number of benzene rings is 1. The van der Waals surface area contributed by atoms with Crippen LogP contribution in [0.25, 0.3) is 11.3 Å². The van der Waals surface area contributed by atoms with E-state index in [1.807, 2.05) is 30.3 Å². The summed E-state index contributed by atoms with van der Waals surface area (Å²) in [4.78, 5) is 4.49. The topological polar surface area (TPSA) is 55.2 Å². The Morgan fingerprint density at radius 3 is 2.37 bits per heavy atom. The molecule has 1 atom stereocenters. The van der Waals surface area contributed by atoms with E-state index in [1.54, 1.807) is 6.20 Å². The Morgan fingerprint density at radius 1 is 1.11 bits per heavy atom. The zero-order valence-electron chi connectivity index (χ0n) is 16.3. The second-order valence-corrected chi connectivity index (χ2v) is 8.33. The second kappa shape index (κ2) is 6.43. The molecule has 4 rings (SSSR count). The van der Waals surface area contributed by atoms with Gasteiger partial charge in [0.15, 0.2) is 0 Å². The lowest BCUT2D eigenvalue weighted by molar-refractivity contribution is 0.00578. The first-order chi connectivity index (χ1) is 12.8. The summed E-state index contributed by atoms with van der Waals surface area (Å²) in [7, 11) is -0.456. The van der Waals surface area contributed by atoms with Crippen molar-refractivity contribution in [3.8, 4) is 11.3 Å². The van der Waals surface area contributed by atoms with Crippen molar-refractivity contribution in [1.82, 2.24) is 4.98 Å². The van der Waals surface area contributed by atoms with Crippen LogP contribution in [0.2, 0.25) is 0 Å². The third-order valence-corrected chi connectivity index (χ3v) is 5.88. The molecule has 1 aromatic carbocycles.